The molecule has 0 radical (unpaired) electrons. The molecule has 0 bridgehead atoms. The molecule has 0 aliphatic rings. The van der Waals surface area contributed by atoms with E-state index in [9.17, 15) is 14.9 Å². The summed E-state index contributed by atoms with van der Waals surface area (Å²) in [6.45, 7) is 5.76. The molecule has 0 spiro atoms. The number of nitro groups is 1. The molecule has 3 rings (SSSR count). The van der Waals surface area contributed by atoms with Gasteiger partial charge < -0.3 is 10.1 Å². The largest absolute Gasteiger partial charge is 0.471 e. The summed E-state index contributed by atoms with van der Waals surface area (Å²) in [5, 5.41) is 22.1. The fourth-order valence-electron chi connectivity index (χ4n) is 3.06. The molecule has 10 heteroatoms. The topological polar surface area (TPSA) is 117 Å². The van der Waals surface area contributed by atoms with Gasteiger partial charge in [0.25, 0.3) is 0 Å². The van der Waals surface area contributed by atoms with Crippen molar-refractivity contribution in [1.82, 2.24) is 19.6 Å². The number of aryl methyl sites for hydroxylation is 3. The molecule has 1 N–H and O–H groups in total. The summed E-state index contributed by atoms with van der Waals surface area (Å²) in [6, 6.07) is 7.85. The van der Waals surface area contributed by atoms with Crippen LogP contribution >= 0.6 is 0 Å². The molecule has 0 aliphatic heterocycles. The average molecular weight is 412 g/mol. The van der Waals surface area contributed by atoms with Gasteiger partial charge in [-0.3, -0.25) is 19.6 Å². The number of benzene rings is 1. The van der Waals surface area contributed by atoms with Crippen LogP contribution in [0.15, 0.2) is 36.7 Å². The molecule has 158 valence electrons. The van der Waals surface area contributed by atoms with E-state index in [2.05, 4.69) is 22.4 Å². The average Bonchev–Trinajstić information content (AvgIpc) is 3.28. The summed E-state index contributed by atoms with van der Waals surface area (Å²) < 4.78 is 8.74. The van der Waals surface area contributed by atoms with E-state index in [0.29, 0.717) is 17.1 Å². The Morgan fingerprint density at radius 3 is 2.63 bits per heavy atom. The van der Waals surface area contributed by atoms with Gasteiger partial charge in [-0.25, -0.2) is 4.68 Å². The zero-order valence-corrected chi connectivity index (χ0v) is 17.2. The van der Waals surface area contributed by atoms with E-state index >= 15 is 0 Å². The Bertz CT molecular complexity index is 1040. The lowest BCUT2D eigenvalue weighted by atomic mass is 10.2. The Morgan fingerprint density at radius 1 is 1.27 bits per heavy atom. The third-order valence-electron chi connectivity index (χ3n) is 4.69. The molecule has 0 atom stereocenters. The van der Waals surface area contributed by atoms with Gasteiger partial charge in [0.2, 0.25) is 5.91 Å². The number of hydrogen-bond acceptors (Lipinski definition) is 6. The zero-order valence-electron chi connectivity index (χ0n) is 17.2. The molecule has 0 fully saturated rings. The second-order valence-corrected chi connectivity index (χ2v) is 6.84. The minimum atomic E-state index is -0.455. The second kappa shape index (κ2) is 9.21. The lowest BCUT2D eigenvalue weighted by molar-refractivity contribution is -0.386. The first-order valence-corrected chi connectivity index (χ1v) is 9.59. The van der Waals surface area contributed by atoms with Gasteiger partial charge in [0, 0.05) is 6.42 Å². The SMILES string of the molecule is CCc1ccc(OCn2cc(NC(=O)CCn3nc(C)c([N+](=O)[O-])c3C)cn2)cc1. The number of carbonyl (C=O) groups excluding carboxylic acids is 1. The van der Waals surface area contributed by atoms with Gasteiger partial charge in [0.1, 0.15) is 17.1 Å². The Morgan fingerprint density at radius 2 is 2.00 bits per heavy atom. The lowest BCUT2D eigenvalue weighted by Gasteiger charge is -2.07. The van der Waals surface area contributed by atoms with Crippen LogP contribution in [0.1, 0.15) is 30.3 Å². The van der Waals surface area contributed by atoms with Crippen LogP contribution in [0.3, 0.4) is 0 Å². The highest BCUT2D eigenvalue weighted by molar-refractivity contribution is 5.90. The van der Waals surface area contributed by atoms with Gasteiger partial charge in [0.05, 0.1) is 29.5 Å². The smallest absolute Gasteiger partial charge is 0.312 e. The number of aromatic nitrogens is 4. The van der Waals surface area contributed by atoms with E-state index in [-0.39, 0.29) is 31.3 Å². The third kappa shape index (κ3) is 5.02. The highest BCUT2D eigenvalue weighted by atomic mass is 16.6. The number of nitrogens with one attached hydrogen (secondary N) is 1. The molecule has 2 aromatic heterocycles. The molecule has 0 saturated carbocycles. The first-order valence-electron chi connectivity index (χ1n) is 9.59. The van der Waals surface area contributed by atoms with E-state index in [1.54, 1.807) is 24.7 Å². The maximum absolute atomic E-state index is 12.2. The number of anilines is 1. The van der Waals surface area contributed by atoms with Gasteiger partial charge in [-0.15, -0.1) is 0 Å². The second-order valence-electron chi connectivity index (χ2n) is 6.84. The van der Waals surface area contributed by atoms with Crippen LogP contribution in [0.2, 0.25) is 0 Å². The molecule has 0 aliphatic carbocycles. The molecule has 1 aromatic carbocycles. The third-order valence-corrected chi connectivity index (χ3v) is 4.69. The number of hydrogen-bond donors (Lipinski definition) is 1. The zero-order chi connectivity index (χ0) is 21.7. The van der Waals surface area contributed by atoms with E-state index in [1.807, 2.05) is 24.3 Å². The van der Waals surface area contributed by atoms with Crippen LogP contribution in [-0.2, 0) is 24.5 Å². The summed E-state index contributed by atoms with van der Waals surface area (Å²) >= 11 is 0. The van der Waals surface area contributed by atoms with Crippen LogP contribution < -0.4 is 10.1 Å². The maximum Gasteiger partial charge on any atom is 0.312 e. The van der Waals surface area contributed by atoms with Gasteiger partial charge in [-0.05, 0) is 38.0 Å². The summed E-state index contributed by atoms with van der Waals surface area (Å²) in [6.07, 6.45) is 4.31. The summed E-state index contributed by atoms with van der Waals surface area (Å²) in [7, 11) is 0. The van der Waals surface area contributed by atoms with E-state index in [4.69, 9.17) is 4.74 Å². The van der Waals surface area contributed by atoms with Crippen LogP contribution in [0.25, 0.3) is 0 Å². The van der Waals surface area contributed by atoms with Crippen molar-refractivity contribution in [3.05, 3.63) is 63.7 Å². The maximum atomic E-state index is 12.2. The fourth-order valence-corrected chi connectivity index (χ4v) is 3.06. The molecule has 1 amide bonds. The summed E-state index contributed by atoms with van der Waals surface area (Å²) in [4.78, 5) is 22.8. The predicted molar refractivity (Wildman–Crippen MR) is 110 cm³/mol. The number of rotatable bonds is 9. The molecular weight excluding hydrogens is 388 g/mol. The molecule has 30 heavy (non-hydrogen) atoms. The van der Waals surface area contributed by atoms with Crippen LogP contribution in [0, 0.1) is 24.0 Å². The molecule has 2 heterocycles. The van der Waals surface area contributed by atoms with Gasteiger partial charge in [0.15, 0.2) is 6.73 Å². The van der Waals surface area contributed by atoms with Crippen molar-refractivity contribution >= 4 is 17.3 Å². The predicted octanol–water partition coefficient (Wildman–Crippen LogP) is 3.23. The fraction of sp³-hybridized carbons (Fsp3) is 0.350. The van der Waals surface area contributed by atoms with E-state index < -0.39 is 4.92 Å². The monoisotopic (exact) mass is 412 g/mol. The van der Waals surface area contributed by atoms with Gasteiger partial charge >= 0.3 is 5.69 Å². The molecular formula is C20H24N6O4. The number of ether oxygens (including phenoxy) is 1. The summed E-state index contributed by atoms with van der Waals surface area (Å²) in [5.74, 6) is 0.507. The van der Waals surface area contributed by atoms with Crippen molar-refractivity contribution in [1.29, 1.82) is 0 Å². The number of amides is 1. The number of carbonyl (C=O) groups is 1. The first-order chi connectivity index (χ1) is 14.4. The quantitative estimate of drug-likeness (QED) is 0.426. The molecule has 3 aromatic rings. The highest BCUT2D eigenvalue weighted by Gasteiger charge is 2.21. The van der Waals surface area contributed by atoms with Crippen molar-refractivity contribution in [2.45, 2.75) is 46.9 Å². The van der Waals surface area contributed by atoms with Crippen LogP contribution in [-0.4, -0.2) is 30.4 Å². The van der Waals surface area contributed by atoms with Gasteiger partial charge in [-0.1, -0.05) is 19.1 Å². The van der Waals surface area contributed by atoms with Gasteiger partial charge in [-0.2, -0.15) is 10.2 Å². The first kappa shape index (κ1) is 21.0. The minimum Gasteiger partial charge on any atom is -0.471 e. The van der Waals surface area contributed by atoms with E-state index in [0.717, 1.165) is 12.2 Å². The van der Waals surface area contributed by atoms with Crippen LogP contribution in [0.4, 0.5) is 11.4 Å². The normalized spacial score (nSPS) is 10.8. The van der Waals surface area contributed by atoms with Crippen LogP contribution in [0.5, 0.6) is 5.75 Å². The van der Waals surface area contributed by atoms with Crippen molar-refractivity contribution in [3.63, 3.8) is 0 Å². The highest BCUT2D eigenvalue weighted by Crippen LogP contribution is 2.22. The molecule has 10 nitrogen and oxygen atoms in total. The molecule has 0 saturated heterocycles. The summed E-state index contributed by atoms with van der Waals surface area (Å²) in [5.41, 5.74) is 2.54. The Balaban J connectivity index is 1.50. The lowest BCUT2D eigenvalue weighted by Crippen LogP contribution is -2.15. The van der Waals surface area contributed by atoms with Crippen molar-refractivity contribution < 1.29 is 14.5 Å². The van der Waals surface area contributed by atoms with E-state index in [1.165, 1.54) is 16.4 Å². The molecule has 0 unspecified atom stereocenters. The Kier molecular flexibility index (Phi) is 6.45. The van der Waals surface area contributed by atoms with Crippen molar-refractivity contribution in [2.24, 2.45) is 0 Å². The van der Waals surface area contributed by atoms with Crippen molar-refractivity contribution in [3.8, 4) is 5.75 Å². The standard InChI is InChI=1S/C20H24N6O4/c1-4-16-5-7-18(8-6-16)30-13-24-12-17(11-21-24)22-19(27)9-10-25-15(3)20(26(28)29)14(2)23-25/h5-8,11-12H,4,9-10,13H2,1-3H3,(H,22,27). The Labute approximate surface area is 173 Å². The minimum absolute atomic E-state index is 0.0129. The Hall–Kier alpha value is -3.69. The number of nitrogens with zero attached hydrogens (tertiary/aromatic N) is 5. The van der Waals surface area contributed by atoms with Crippen molar-refractivity contribution in [2.75, 3.05) is 5.32 Å².